The standard InChI is InChI=1S/C6H9NO.C5H8O2.C4H6O2/c1-2-7-5-3-4-6(7)8;1-3-4(2)5(6)7;1-2-3-4(5)6/h2H,1,3-5H2;3-4H,1H2,2H3,(H,6,7);2H,1,3H2,(H,5,6). The second kappa shape index (κ2) is 12.7. The lowest BCUT2D eigenvalue weighted by atomic mass is 10.2. The summed E-state index contributed by atoms with van der Waals surface area (Å²) >= 11 is 0. The summed E-state index contributed by atoms with van der Waals surface area (Å²) in [6.45, 7) is 12.5. The molecule has 1 aliphatic heterocycles. The Labute approximate surface area is 125 Å². The molecule has 0 saturated carbocycles. The van der Waals surface area contributed by atoms with Crippen LogP contribution in [0.4, 0.5) is 0 Å². The summed E-state index contributed by atoms with van der Waals surface area (Å²) in [6.07, 6.45) is 6.08. The summed E-state index contributed by atoms with van der Waals surface area (Å²) in [6, 6.07) is 0. The van der Waals surface area contributed by atoms with Crippen molar-refractivity contribution in [2.45, 2.75) is 26.2 Å². The van der Waals surface area contributed by atoms with Crippen LogP contribution in [0, 0.1) is 5.92 Å². The molecule has 1 saturated heterocycles. The van der Waals surface area contributed by atoms with Gasteiger partial charge in [0.05, 0.1) is 12.3 Å². The number of carboxylic acids is 2. The first-order valence-corrected chi connectivity index (χ1v) is 6.40. The van der Waals surface area contributed by atoms with Crippen molar-refractivity contribution in [1.29, 1.82) is 0 Å². The fourth-order valence-corrected chi connectivity index (χ4v) is 1.09. The Morgan fingerprint density at radius 3 is 2.00 bits per heavy atom. The Hall–Kier alpha value is -2.37. The summed E-state index contributed by atoms with van der Waals surface area (Å²) in [5.74, 6) is -1.86. The van der Waals surface area contributed by atoms with Gasteiger partial charge in [0.25, 0.3) is 0 Å². The van der Waals surface area contributed by atoms with Crippen LogP contribution < -0.4 is 0 Å². The van der Waals surface area contributed by atoms with Gasteiger partial charge in [-0.2, -0.15) is 0 Å². The van der Waals surface area contributed by atoms with Crippen LogP contribution in [0.2, 0.25) is 0 Å². The molecule has 1 amide bonds. The smallest absolute Gasteiger partial charge is 0.310 e. The Morgan fingerprint density at radius 1 is 1.33 bits per heavy atom. The molecule has 0 spiro atoms. The first-order chi connectivity index (χ1) is 9.79. The third kappa shape index (κ3) is 12.4. The van der Waals surface area contributed by atoms with Crippen molar-refractivity contribution >= 4 is 17.8 Å². The van der Waals surface area contributed by atoms with Gasteiger partial charge in [-0.25, -0.2) is 0 Å². The normalized spacial score (nSPS) is 13.8. The summed E-state index contributed by atoms with van der Waals surface area (Å²) in [7, 11) is 0. The maximum absolute atomic E-state index is 10.7. The second-order valence-corrected chi connectivity index (χ2v) is 4.12. The zero-order valence-corrected chi connectivity index (χ0v) is 12.3. The van der Waals surface area contributed by atoms with Crippen LogP contribution in [0.15, 0.2) is 38.1 Å². The maximum Gasteiger partial charge on any atom is 0.310 e. The number of aliphatic carboxylic acids is 2. The van der Waals surface area contributed by atoms with Crippen molar-refractivity contribution < 1.29 is 24.6 Å². The average Bonchev–Trinajstić information content (AvgIpc) is 2.84. The van der Waals surface area contributed by atoms with E-state index in [2.05, 4.69) is 19.7 Å². The van der Waals surface area contributed by atoms with Gasteiger partial charge in [0, 0.05) is 13.0 Å². The Balaban J connectivity index is 0. The van der Waals surface area contributed by atoms with Gasteiger partial charge in [0.2, 0.25) is 5.91 Å². The highest BCUT2D eigenvalue weighted by atomic mass is 16.4. The lowest BCUT2D eigenvalue weighted by molar-refractivity contribution is -0.139. The minimum atomic E-state index is -0.829. The second-order valence-electron chi connectivity index (χ2n) is 4.12. The highest BCUT2D eigenvalue weighted by molar-refractivity contribution is 5.78. The zero-order valence-electron chi connectivity index (χ0n) is 12.3. The van der Waals surface area contributed by atoms with Crippen LogP contribution in [0.1, 0.15) is 26.2 Å². The first kappa shape index (κ1) is 20.9. The van der Waals surface area contributed by atoms with E-state index < -0.39 is 17.9 Å². The summed E-state index contributed by atoms with van der Waals surface area (Å²) in [5, 5.41) is 16.0. The van der Waals surface area contributed by atoms with Gasteiger partial charge in [0.1, 0.15) is 0 Å². The molecular formula is C15H23NO5. The number of carbonyl (C=O) groups excluding carboxylic acids is 1. The van der Waals surface area contributed by atoms with Crippen LogP contribution >= 0.6 is 0 Å². The van der Waals surface area contributed by atoms with Gasteiger partial charge in [-0.1, -0.05) is 18.7 Å². The number of carboxylic acid groups (broad SMARTS) is 2. The molecule has 0 bridgehead atoms. The number of carbonyl (C=O) groups is 3. The molecule has 0 aromatic heterocycles. The molecule has 0 aromatic rings. The summed E-state index contributed by atoms with van der Waals surface area (Å²) in [5.41, 5.74) is 0. The minimum Gasteiger partial charge on any atom is -0.481 e. The van der Waals surface area contributed by atoms with Crippen LogP contribution in [-0.4, -0.2) is 39.5 Å². The van der Waals surface area contributed by atoms with E-state index in [-0.39, 0.29) is 12.3 Å². The van der Waals surface area contributed by atoms with Crippen LogP contribution in [0.5, 0.6) is 0 Å². The predicted octanol–water partition coefficient (Wildman–Crippen LogP) is 2.29. The fourth-order valence-electron chi connectivity index (χ4n) is 1.09. The molecule has 118 valence electrons. The predicted molar refractivity (Wildman–Crippen MR) is 80.6 cm³/mol. The van der Waals surface area contributed by atoms with Crippen molar-refractivity contribution in [2.75, 3.05) is 6.54 Å². The van der Waals surface area contributed by atoms with Gasteiger partial charge in [-0.05, 0) is 19.5 Å². The molecule has 1 unspecified atom stereocenters. The van der Waals surface area contributed by atoms with Crippen LogP contribution in [0.3, 0.4) is 0 Å². The van der Waals surface area contributed by atoms with E-state index in [9.17, 15) is 14.4 Å². The molecule has 6 nitrogen and oxygen atoms in total. The van der Waals surface area contributed by atoms with Gasteiger partial charge in [0.15, 0.2) is 0 Å². The Bertz CT molecular complexity index is 390. The molecule has 1 rings (SSSR count). The van der Waals surface area contributed by atoms with E-state index in [4.69, 9.17) is 10.2 Å². The maximum atomic E-state index is 10.7. The summed E-state index contributed by atoms with van der Waals surface area (Å²) < 4.78 is 0. The molecule has 6 heteroatoms. The van der Waals surface area contributed by atoms with Gasteiger partial charge < -0.3 is 15.1 Å². The third-order valence-corrected chi connectivity index (χ3v) is 2.39. The minimum absolute atomic E-state index is 0.0556. The van der Waals surface area contributed by atoms with E-state index in [1.807, 2.05) is 0 Å². The van der Waals surface area contributed by atoms with E-state index in [0.717, 1.165) is 13.0 Å². The number of nitrogens with zero attached hydrogens (tertiary/aromatic N) is 1. The van der Waals surface area contributed by atoms with Crippen LogP contribution in [-0.2, 0) is 14.4 Å². The number of rotatable bonds is 5. The highest BCUT2D eigenvalue weighted by Crippen LogP contribution is 2.08. The van der Waals surface area contributed by atoms with Gasteiger partial charge >= 0.3 is 11.9 Å². The topological polar surface area (TPSA) is 94.9 Å². The lowest BCUT2D eigenvalue weighted by Crippen LogP contribution is -2.16. The molecule has 0 radical (unpaired) electrons. The largest absolute Gasteiger partial charge is 0.481 e. The van der Waals surface area contributed by atoms with Crippen LogP contribution in [0.25, 0.3) is 0 Å². The highest BCUT2D eigenvalue weighted by Gasteiger charge is 2.15. The number of hydrogen-bond donors (Lipinski definition) is 2. The van der Waals surface area contributed by atoms with Gasteiger partial charge in [-0.3, -0.25) is 14.4 Å². The van der Waals surface area contributed by atoms with E-state index >= 15 is 0 Å². The average molecular weight is 297 g/mol. The van der Waals surface area contributed by atoms with Crippen molar-refractivity contribution in [3.63, 3.8) is 0 Å². The molecule has 1 atom stereocenters. The van der Waals surface area contributed by atoms with E-state index in [1.54, 1.807) is 18.0 Å². The number of likely N-dealkylation sites (tertiary alicyclic amines) is 1. The molecule has 1 heterocycles. The van der Waals surface area contributed by atoms with E-state index in [1.165, 1.54) is 12.2 Å². The summed E-state index contributed by atoms with van der Waals surface area (Å²) in [4.78, 5) is 31.7. The van der Waals surface area contributed by atoms with Crippen molar-refractivity contribution in [3.8, 4) is 0 Å². The Kier molecular flexibility index (Phi) is 12.6. The molecular weight excluding hydrogens is 274 g/mol. The molecule has 2 N–H and O–H groups in total. The number of hydrogen-bond acceptors (Lipinski definition) is 3. The van der Waals surface area contributed by atoms with E-state index in [0.29, 0.717) is 6.42 Å². The molecule has 1 fully saturated rings. The lowest BCUT2D eigenvalue weighted by Gasteiger charge is -2.05. The zero-order chi connectivity index (χ0) is 16.8. The molecule has 0 aliphatic carbocycles. The molecule has 0 aromatic carbocycles. The van der Waals surface area contributed by atoms with Crippen molar-refractivity contribution in [1.82, 2.24) is 4.90 Å². The third-order valence-electron chi connectivity index (χ3n) is 2.39. The van der Waals surface area contributed by atoms with Crippen molar-refractivity contribution in [3.05, 3.63) is 38.1 Å². The first-order valence-electron chi connectivity index (χ1n) is 6.40. The van der Waals surface area contributed by atoms with Crippen molar-refractivity contribution in [2.24, 2.45) is 5.92 Å². The fraction of sp³-hybridized carbons (Fsp3) is 0.400. The molecule has 1 aliphatic rings. The SMILES string of the molecule is C=CC(C)C(=O)O.C=CCC(=O)O.C=CN1CCCC1=O. The number of amides is 1. The quantitative estimate of drug-likeness (QED) is 0.759. The molecule has 21 heavy (non-hydrogen) atoms. The van der Waals surface area contributed by atoms with Gasteiger partial charge in [-0.15, -0.1) is 13.2 Å². The Morgan fingerprint density at radius 2 is 1.90 bits per heavy atom. The monoisotopic (exact) mass is 297 g/mol.